The van der Waals surface area contributed by atoms with Crippen molar-refractivity contribution in [2.75, 3.05) is 38.3 Å². The van der Waals surface area contributed by atoms with E-state index in [0.29, 0.717) is 19.6 Å². The number of methoxy groups -OCH3 is 1. The normalized spacial score (nSPS) is 15.5. The van der Waals surface area contributed by atoms with Crippen molar-refractivity contribution in [1.82, 2.24) is 10.1 Å². The van der Waals surface area contributed by atoms with Crippen molar-refractivity contribution in [1.29, 1.82) is 0 Å². The molecule has 4 rings (SSSR count). The Balaban J connectivity index is 1.65. The fourth-order valence-corrected chi connectivity index (χ4v) is 4.19. The topological polar surface area (TPSA) is 75.1 Å². The van der Waals surface area contributed by atoms with Crippen LogP contribution in [0.4, 0.5) is 5.88 Å². The number of aliphatic hydroxyl groups is 1. The molecule has 1 aliphatic heterocycles. The van der Waals surface area contributed by atoms with Gasteiger partial charge in [0.05, 0.1) is 31.1 Å². The van der Waals surface area contributed by atoms with Crippen molar-refractivity contribution in [3.05, 3.63) is 60.1 Å². The number of furan rings is 1. The van der Waals surface area contributed by atoms with Crippen molar-refractivity contribution in [3.63, 3.8) is 0 Å². The minimum absolute atomic E-state index is 0.281. The summed E-state index contributed by atoms with van der Waals surface area (Å²) in [6.45, 7) is 3.84. The van der Waals surface area contributed by atoms with Crippen molar-refractivity contribution >= 4 is 5.88 Å². The molecule has 0 aliphatic carbocycles. The monoisotopic (exact) mass is 425 g/mol. The van der Waals surface area contributed by atoms with Gasteiger partial charge < -0.3 is 23.7 Å². The van der Waals surface area contributed by atoms with Crippen LogP contribution in [0.2, 0.25) is 0 Å². The fraction of sp³-hybridized carbons (Fsp3) is 0.458. The van der Waals surface area contributed by atoms with Crippen molar-refractivity contribution in [2.45, 2.75) is 38.5 Å². The van der Waals surface area contributed by atoms with Crippen LogP contribution in [0.5, 0.6) is 0 Å². The molecular formula is C24H31N3O4. The molecule has 0 radical (unpaired) electrons. The van der Waals surface area contributed by atoms with E-state index in [2.05, 4.69) is 27.1 Å². The number of nitrogens with zero attached hydrogens (tertiary/aromatic N) is 3. The molecule has 31 heavy (non-hydrogen) atoms. The molecule has 1 aromatic carbocycles. The maximum Gasteiger partial charge on any atom is 0.232 e. The summed E-state index contributed by atoms with van der Waals surface area (Å²) in [5.74, 6) is 1.69. The Hall–Kier alpha value is -2.61. The second-order valence-corrected chi connectivity index (χ2v) is 8.09. The highest BCUT2D eigenvalue weighted by Gasteiger charge is 2.26. The van der Waals surface area contributed by atoms with Gasteiger partial charge >= 0.3 is 0 Å². The van der Waals surface area contributed by atoms with Crippen LogP contribution >= 0.6 is 0 Å². The maximum absolute atomic E-state index is 10.4. The largest absolute Gasteiger partial charge is 0.468 e. The van der Waals surface area contributed by atoms with Gasteiger partial charge in [-0.2, -0.15) is 0 Å². The lowest BCUT2D eigenvalue weighted by atomic mass is 10.1. The first-order chi connectivity index (χ1) is 15.2. The minimum Gasteiger partial charge on any atom is -0.468 e. The number of ether oxygens (including phenoxy) is 1. The Morgan fingerprint density at radius 1 is 1.10 bits per heavy atom. The number of anilines is 1. The van der Waals surface area contributed by atoms with Gasteiger partial charge in [-0.1, -0.05) is 35.5 Å². The molecule has 0 spiro atoms. The highest BCUT2D eigenvalue weighted by Crippen LogP contribution is 2.34. The van der Waals surface area contributed by atoms with E-state index < -0.39 is 6.10 Å². The Morgan fingerprint density at radius 2 is 1.90 bits per heavy atom. The molecule has 1 N–H and O–H groups in total. The maximum atomic E-state index is 10.4. The van der Waals surface area contributed by atoms with E-state index in [9.17, 15) is 5.11 Å². The lowest BCUT2D eigenvalue weighted by Gasteiger charge is -2.28. The summed E-state index contributed by atoms with van der Waals surface area (Å²) in [7, 11) is 1.60. The fourth-order valence-electron chi connectivity index (χ4n) is 4.19. The van der Waals surface area contributed by atoms with E-state index in [1.807, 2.05) is 30.3 Å². The molecule has 0 saturated carbocycles. The Labute approximate surface area is 183 Å². The van der Waals surface area contributed by atoms with Gasteiger partial charge in [0.15, 0.2) is 0 Å². The lowest BCUT2D eigenvalue weighted by molar-refractivity contribution is 0.0323. The lowest BCUT2D eigenvalue weighted by Crippen LogP contribution is -2.35. The standard InChI is InChI=1S/C24H31N3O4/c1-29-18-20(28)15-26(16-21-11-8-14-30-21)17-22-23(19-9-4-2-5-10-19)25-31-24(22)27-12-6-3-7-13-27/h2,4-5,8-11,14,20,28H,3,6-7,12-13,15-18H2,1H3. The number of aromatic nitrogens is 1. The third kappa shape index (κ3) is 5.55. The van der Waals surface area contributed by atoms with Gasteiger partial charge in [0.1, 0.15) is 11.5 Å². The summed E-state index contributed by atoms with van der Waals surface area (Å²) in [6.07, 6.45) is 4.64. The molecule has 1 atom stereocenters. The first-order valence-electron chi connectivity index (χ1n) is 10.9. The minimum atomic E-state index is -0.599. The number of benzene rings is 1. The summed E-state index contributed by atoms with van der Waals surface area (Å²) in [5, 5.41) is 14.9. The Morgan fingerprint density at radius 3 is 2.61 bits per heavy atom. The molecule has 0 amide bonds. The van der Waals surface area contributed by atoms with E-state index in [4.69, 9.17) is 13.7 Å². The zero-order valence-electron chi connectivity index (χ0n) is 18.1. The highest BCUT2D eigenvalue weighted by molar-refractivity contribution is 5.68. The second kappa shape index (κ2) is 10.6. The molecule has 0 bridgehead atoms. The van der Waals surface area contributed by atoms with Gasteiger partial charge in [0.2, 0.25) is 5.88 Å². The van der Waals surface area contributed by atoms with Crippen LogP contribution in [-0.2, 0) is 17.8 Å². The van der Waals surface area contributed by atoms with Crippen LogP contribution in [0.15, 0.2) is 57.7 Å². The predicted molar refractivity (Wildman–Crippen MR) is 119 cm³/mol. The molecule has 1 saturated heterocycles. The first kappa shape index (κ1) is 21.6. The van der Waals surface area contributed by atoms with E-state index >= 15 is 0 Å². The molecule has 166 valence electrons. The second-order valence-electron chi connectivity index (χ2n) is 8.09. The van der Waals surface area contributed by atoms with Crippen LogP contribution in [0, 0.1) is 0 Å². The molecule has 1 aliphatic rings. The van der Waals surface area contributed by atoms with E-state index in [-0.39, 0.29) is 6.61 Å². The van der Waals surface area contributed by atoms with Crippen LogP contribution in [0.3, 0.4) is 0 Å². The summed E-state index contributed by atoms with van der Waals surface area (Å²) >= 11 is 0. The number of hydrogen-bond donors (Lipinski definition) is 1. The van der Waals surface area contributed by atoms with Gasteiger partial charge in [-0.3, -0.25) is 4.90 Å². The molecule has 7 heteroatoms. The number of hydrogen-bond acceptors (Lipinski definition) is 7. The zero-order valence-corrected chi connectivity index (χ0v) is 18.1. The molecule has 3 heterocycles. The smallest absolute Gasteiger partial charge is 0.232 e. The van der Waals surface area contributed by atoms with Gasteiger partial charge in [-0.05, 0) is 31.4 Å². The summed E-state index contributed by atoms with van der Waals surface area (Å²) in [6, 6.07) is 14.0. The van der Waals surface area contributed by atoms with Crippen molar-refractivity contribution in [2.24, 2.45) is 0 Å². The van der Waals surface area contributed by atoms with Gasteiger partial charge in [-0.25, -0.2) is 0 Å². The Bertz CT molecular complexity index is 904. The molecule has 1 fully saturated rings. The summed E-state index contributed by atoms with van der Waals surface area (Å²) < 4.78 is 16.6. The average Bonchev–Trinajstić information content (AvgIpc) is 3.45. The third-order valence-corrected chi connectivity index (χ3v) is 5.63. The zero-order chi connectivity index (χ0) is 21.5. The molecule has 3 aromatic rings. The SMILES string of the molecule is COCC(O)CN(Cc1ccco1)Cc1c(-c2ccccc2)noc1N1CCCCC1. The number of piperidine rings is 1. The average molecular weight is 426 g/mol. The van der Waals surface area contributed by atoms with Gasteiger partial charge in [0.25, 0.3) is 0 Å². The Kier molecular flexibility index (Phi) is 7.40. The van der Waals surface area contributed by atoms with Gasteiger partial charge in [0, 0.05) is 38.9 Å². The van der Waals surface area contributed by atoms with E-state index in [0.717, 1.165) is 54.4 Å². The van der Waals surface area contributed by atoms with Gasteiger partial charge in [-0.15, -0.1) is 0 Å². The third-order valence-electron chi connectivity index (χ3n) is 5.63. The van der Waals surface area contributed by atoms with Crippen LogP contribution < -0.4 is 4.90 Å². The molecule has 1 unspecified atom stereocenters. The number of aliphatic hydroxyl groups excluding tert-OH is 1. The van der Waals surface area contributed by atoms with Crippen LogP contribution in [0.1, 0.15) is 30.6 Å². The molecular weight excluding hydrogens is 394 g/mol. The summed E-state index contributed by atoms with van der Waals surface area (Å²) in [5.41, 5.74) is 2.93. The predicted octanol–water partition coefficient (Wildman–Crippen LogP) is 3.93. The van der Waals surface area contributed by atoms with Crippen LogP contribution in [-0.4, -0.2) is 54.6 Å². The van der Waals surface area contributed by atoms with E-state index in [1.165, 1.54) is 6.42 Å². The highest BCUT2D eigenvalue weighted by atomic mass is 16.5. The molecule has 2 aromatic heterocycles. The van der Waals surface area contributed by atoms with Crippen molar-refractivity contribution < 1.29 is 18.8 Å². The van der Waals surface area contributed by atoms with Crippen molar-refractivity contribution in [3.8, 4) is 11.3 Å². The van der Waals surface area contributed by atoms with E-state index in [1.54, 1.807) is 13.4 Å². The molecule has 7 nitrogen and oxygen atoms in total. The number of rotatable bonds is 10. The van der Waals surface area contributed by atoms with Crippen LogP contribution in [0.25, 0.3) is 11.3 Å². The first-order valence-corrected chi connectivity index (χ1v) is 10.9. The quantitative estimate of drug-likeness (QED) is 0.527. The summed E-state index contributed by atoms with van der Waals surface area (Å²) in [4.78, 5) is 4.46.